The zero-order valence-electron chi connectivity index (χ0n) is 10.3. The fraction of sp³-hybridized carbons (Fsp3) is 0.455. The molecule has 1 N–H and O–H groups in total. The molecule has 1 aliphatic rings. The molecule has 0 aromatic carbocycles. The maximum Gasteiger partial charge on any atom is 0.258 e. The van der Waals surface area contributed by atoms with Crippen LogP contribution < -0.4 is 0 Å². The summed E-state index contributed by atoms with van der Waals surface area (Å²) in [7, 11) is 0. The van der Waals surface area contributed by atoms with Gasteiger partial charge < -0.3 is 9.47 Å². The van der Waals surface area contributed by atoms with E-state index in [1.54, 1.807) is 11.2 Å². The topological polar surface area (TPSA) is 79.7 Å². The van der Waals surface area contributed by atoms with Crippen LogP contribution in [-0.4, -0.2) is 42.3 Å². The van der Waals surface area contributed by atoms with Crippen LogP contribution in [0.15, 0.2) is 6.33 Å². The lowest BCUT2D eigenvalue weighted by atomic mass is 10.1. The van der Waals surface area contributed by atoms with Gasteiger partial charge in [0, 0.05) is 18.8 Å². The summed E-state index contributed by atoms with van der Waals surface area (Å²) in [5.41, 5.74) is 2.22. The maximum absolute atomic E-state index is 12.4. The van der Waals surface area contributed by atoms with Gasteiger partial charge >= 0.3 is 0 Å². The second-order valence-electron chi connectivity index (χ2n) is 4.48. The van der Waals surface area contributed by atoms with E-state index in [2.05, 4.69) is 20.4 Å². The van der Waals surface area contributed by atoms with Crippen molar-refractivity contribution in [3.8, 4) is 0 Å². The summed E-state index contributed by atoms with van der Waals surface area (Å²) in [5.74, 6) is 0.835. The van der Waals surface area contributed by atoms with Gasteiger partial charge in [-0.1, -0.05) is 0 Å². The minimum atomic E-state index is 0.00741. The van der Waals surface area contributed by atoms with Gasteiger partial charge in [-0.2, -0.15) is 5.10 Å². The Hall–Kier alpha value is -2.18. The summed E-state index contributed by atoms with van der Waals surface area (Å²) in [6.07, 6.45) is 1.70. The van der Waals surface area contributed by atoms with E-state index < -0.39 is 0 Å². The molecule has 0 bridgehead atoms. The molecule has 3 rings (SSSR count). The van der Waals surface area contributed by atoms with E-state index in [4.69, 9.17) is 0 Å². The third kappa shape index (κ3) is 1.59. The highest BCUT2D eigenvalue weighted by molar-refractivity contribution is 5.96. The average molecular weight is 246 g/mol. The minimum absolute atomic E-state index is 0.00741. The number of nitrogens with one attached hydrogen (secondary N) is 1. The number of carbonyl (C=O) groups is 1. The molecule has 0 saturated carbocycles. The Balaban J connectivity index is 1.87. The van der Waals surface area contributed by atoms with Crippen LogP contribution in [0.2, 0.25) is 0 Å². The van der Waals surface area contributed by atoms with Gasteiger partial charge in [-0.15, -0.1) is 10.2 Å². The van der Waals surface area contributed by atoms with Gasteiger partial charge in [-0.25, -0.2) is 0 Å². The third-order valence-corrected chi connectivity index (χ3v) is 3.27. The number of aromatic nitrogens is 5. The monoisotopic (exact) mass is 246 g/mol. The van der Waals surface area contributed by atoms with Crippen molar-refractivity contribution >= 4 is 5.91 Å². The highest BCUT2D eigenvalue weighted by Crippen LogP contribution is 2.17. The van der Waals surface area contributed by atoms with E-state index in [0.29, 0.717) is 18.7 Å². The van der Waals surface area contributed by atoms with E-state index in [1.807, 2.05) is 18.4 Å². The molecular formula is C11H14N6O. The molecule has 18 heavy (non-hydrogen) atoms. The largest absolute Gasteiger partial charge is 0.329 e. The number of rotatable bonds is 1. The Morgan fingerprint density at radius 2 is 2.22 bits per heavy atom. The summed E-state index contributed by atoms with van der Waals surface area (Å²) in [5, 5.41) is 14.8. The molecule has 2 aromatic heterocycles. The van der Waals surface area contributed by atoms with Gasteiger partial charge in [-0.3, -0.25) is 9.89 Å². The molecule has 3 heterocycles. The number of hydrogen-bond donors (Lipinski definition) is 1. The molecular weight excluding hydrogens is 232 g/mol. The van der Waals surface area contributed by atoms with Crippen LogP contribution in [0.5, 0.6) is 0 Å². The zero-order valence-corrected chi connectivity index (χ0v) is 10.3. The molecule has 94 valence electrons. The zero-order chi connectivity index (χ0) is 12.7. The molecule has 2 aromatic rings. The van der Waals surface area contributed by atoms with Crippen molar-refractivity contribution < 1.29 is 4.79 Å². The molecule has 0 atom stereocenters. The third-order valence-electron chi connectivity index (χ3n) is 3.27. The van der Waals surface area contributed by atoms with Gasteiger partial charge in [-0.05, 0) is 13.8 Å². The fourth-order valence-corrected chi connectivity index (χ4v) is 2.26. The molecule has 0 radical (unpaired) electrons. The van der Waals surface area contributed by atoms with Gasteiger partial charge in [0.2, 0.25) is 0 Å². The Morgan fingerprint density at radius 3 is 2.94 bits per heavy atom. The summed E-state index contributed by atoms with van der Waals surface area (Å²) in [4.78, 5) is 14.2. The SMILES string of the molecule is Cc1n[nH]c(C)c1C(=O)N1CCn2cnnc2C1. The van der Waals surface area contributed by atoms with Crippen LogP contribution in [0, 0.1) is 13.8 Å². The van der Waals surface area contributed by atoms with Crippen molar-refractivity contribution in [1.82, 2.24) is 29.9 Å². The number of aryl methyl sites for hydroxylation is 2. The minimum Gasteiger partial charge on any atom is -0.329 e. The van der Waals surface area contributed by atoms with Crippen molar-refractivity contribution in [3.63, 3.8) is 0 Å². The summed E-state index contributed by atoms with van der Waals surface area (Å²) < 4.78 is 1.97. The summed E-state index contributed by atoms with van der Waals surface area (Å²) >= 11 is 0. The first-order valence-electron chi connectivity index (χ1n) is 5.84. The maximum atomic E-state index is 12.4. The van der Waals surface area contributed by atoms with Crippen molar-refractivity contribution in [2.75, 3.05) is 6.54 Å². The standard InChI is InChI=1S/C11H14N6O/c1-7-10(8(2)14-13-7)11(18)16-3-4-17-6-12-15-9(17)5-16/h6H,3-5H2,1-2H3,(H,13,14). The Kier molecular flexibility index (Phi) is 2.39. The molecule has 0 spiro atoms. The molecule has 1 amide bonds. The molecule has 7 nitrogen and oxygen atoms in total. The van der Waals surface area contributed by atoms with Crippen LogP contribution in [0.3, 0.4) is 0 Å². The van der Waals surface area contributed by atoms with Crippen LogP contribution in [0.1, 0.15) is 27.6 Å². The number of nitrogens with zero attached hydrogens (tertiary/aromatic N) is 5. The first kappa shape index (κ1) is 10.9. The number of hydrogen-bond acceptors (Lipinski definition) is 4. The van der Waals surface area contributed by atoms with Crippen LogP contribution >= 0.6 is 0 Å². The highest BCUT2D eigenvalue weighted by atomic mass is 16.2. The van der Waals surface area contributed by atoms with Crippen LogP contribution in [0.25, 0.3) is 0 Å². The molecule has 0 saturated heterocycles. The quantitative estimate of drug-likeness (QED) is 0.783. The van der Waals surface area contributed by atoms with Gasteiger partial charge in [0.05, 0.1) is 17.8 Å². The number of carbonyl (C=O) groups excluding carboxylic acids is 1. The summed E-state index contributed by atoms with van der Waals surface area (Å²) in [6.45, 7) is 5.61. The molecule has 0 unspecified atom stereocenters. The van der Waals surface area contributed by atoms with Gasteiger partial charge in [0.25, 0.3) is 5.91 Å². The van der Waals surface area contributed by atoms with E-state index in [9.17, 15) is 4.79 Å². The first-order valence-corrected chi connectivity index (χ1v) is 5.84. The number of aromatic amines is 1. The van der Waals surface area contributed by atoms with Gasteiger partial charge in [0.15, 0.2) is 5.82 Å². The smallest absolute Gasteiger partial charge is 0.258 e. The van der Waals surface area contributed by atoms with E-state index in [1.165, 1.54) is 0 Å². The predicted octanol–water partition coefficient (Wildman–Crippen LogP) is 0.274. The highest BCUT2D eigenvalue weighted by Gasteiger charge is 2.26. The van der Waals surface area contributed by atoms with E-state index >= 15 is 0 Å². The molecule has 1 aliphatic heterocycles. The first-order chi connectivity index (χ1) is 8.66. The van der Waals surface area contributed by atoms with Gasteiger partial charge in [0.1, 0.15) is 6.33 Å². The number of amides is 1. The van der Waals surface area contributed by atoms with Crippen LogP contribution in [0.4, 0.5) is 0 Å². The lowest BCUT2D eigenvalue weighted by Crippen LogP contribution is -2.38. The Labute approximate surface area is 104 Å². The number of H-pyrrole nitrogens is 1. The Morgan fingerprint density at radius 1 is 1.39 bits per heavy atom. The Bertz CT molecular complexity index is 579. The lowest BCUT2D eigenvalue weighted by Gasteiger charge is -2.27. The second kappa shape index (κ2) is 3.94. The lowest BCUT2D eigenvalue weighted by molar-refractivity contribution is 0.0706. The average Bonchev–Trinajstić information content (AvgIpc) is 2.94. The van der Waals surface area contributed by atoms with Crippen molar-refractivity contribution in [2.45, 2.75) is 26.9 Å². The summed E-state index contributed by atoms with van der Waals surface area (Å²) in [6, 6.07) is 0. The molecule has 7 heteroatoms. The van der Waals surface area contributed by atoms with Crippen LogP contribution in [-0.2, 0) is 13.1 Å². The fourth-order valence-electron chi connectivity index (χ4n) is 2.26. The normalized spacial score (nSPS) is 14.7. The van der Waals surface area contributed by atoms with Crippen molar-refractivity contribution in [3.05, 3.63) is 29.1 Å². The predicted molar refractivity (Wildman–Crippen MR) is 62.8 cm³/mol. The van der Waals surface area contributed by atoms with Crippen molar-refractivity contribution in [1.29, 1.82) is 0 Å². The number of fused-ring (bicyclic) bond motifs is 1. The molecule has 0 fully saturated rings. The van der Waals surface area contributed by atoms with Crippen molar-refractivity contribution in [2.24, 2.45) is 0 Å². The van der Waals surface area contributed by atoms with E-state index in [-0.39, 0.29) is 5.91 Å². The molecule has 0 aliphatic carbocycles. The van der Waals surface area contributed by atoms with E-state index in [0.717, 1.165) is 23.8 Å². The second-order valence-corrected chi connectivity index (χ2v) is 4.48.